The minimum absolute atomic E-state index is 0.0293. The van der Waals surface area contributed by atoms with Crippen molar-refractivity contribution < 1.29 is 9.59 Å². The topological polar surface area (TPSA) is 58.2 Å². The monoisotopic (exact) mass is 430 g/mol. The number of nitrogens with one attached hydrogen (secondary N) is 2. The SMILES string of the molecule is CCC(Sc1cccc(NC(=O)/C=C/c2ccccc2)c1)C(=O)Nc1cccc(C)c1. The predicted octanol–water partition coefficient (Wildman–Crippen LogP) is 6.16. The molecule has 0 saturated heterocycles. The molecular formula is C26H26N2O2S. The zero-order valence-electron chi connectivity index (χ0n) is 17.7. The fourth-order valence-corrected chi connectivity index (χ4v) is 4.01. The molecule has 0 aromatic heterocycles. The van der Waals surface area contributed by atoms with E-state index in [1.165, 1.54) is 17.8 Å². The van der Waals surface area contributed by atoms with E-state index in [2.05, 4.69) is 10.6 Å². The third-order valence-corrected chi connectivity index (χ3v) is 5.91. The Hall–Kier alpha value is -3.31. The second-order valence-corrected chi connectivity index (χ2v) is 8.41. The average Bonchev–Trinajstić information content (AvgIpc) is 2.77. The summed E-state index contributed by atoms with van der Waals surface area (Å²) < 4.78 is 0. The Balaban J connectivity index is 1.61. The van der Waals surface area contributed by atoms with Gasteiger partial charge in [-0.25, -0.2) is 0 Å². The fourth-order valence-electron chi connectivity index (χ4n) is 3.00. The van der Waals surface area contributed by atoms with Crippen LogP contribution in [0.4, 0.5) is 11.4 Å². The Bertz CT molecular complexity index is 1060. The van der Waals surface area contributed by atoms with Crippen molar-refractivity contribution >= 4 is 41.0 Å². The van der Waals surface area contributed by atoms with Crippen LogP contribution in [-0.2, 0) is 9.59 Å². The summed E-state index contributed by atoms with van der Waals surface area (Å²) in [5.74, 6) is -0.228. The number of hydrogen-bond acceptors (Lipinski definition) is 3. The van der Waals surface area contributed by atoms with Crippen molar-refractivity contribution in [2.45, 2.75) is 30.4 Å². The molecule has 0 aliphatic heterocycles. The maximum absolute atomic E-state index is 12.7. The summed E-state index contributed by atoms with van der Waals surface area (Å²) in [5, 5.41) is 5.64. The molecule has 3 rings (SSSR count). The standard InChI is InChI=1S/C26H26N2O2S/c1-3-24(26(30)28-21-12-7-9-19(2)17-21)31-23-14-8-13-22(18-23)27-25(29)16-15-20-10-5-4-6-11-20/h4-18,24H,3H2,1-2H3,(H,27,29)(H,28,30)/b16-15+. The van der Waals surface area contributed by atoms with Crippen LogP contribution < -0.4 is 10.6 Å². The lowest BCUT2D eigenvalue weighted by molar-refractivity contribution is -0.115. The van der Waals surface area contributed by atoms with Crippen molar-refractivity contribution in [3.05, 3.63) is 96.1 Å². The van der Waals surface area contributed by atoms with Crippen molar-refractivity contribution in [2.24, 2.45) is 0 Å². The van der Waals surface area contributed by atoms with Gasteiger partial charge in [-0.15, -0.1) is 11.8 Å². The van der Waals surface area contributed by atoms with E-state index < -0.39 is 0 Å². The molecule has 0 saturated carbocycles. The molecule has 3 aromatic carbocycles. The number of aryl methyl sites for hydroxylation is 1. The van der Waals surface area contributed by atoms with E-state index in [1.54, 1.807) is 6.08 Å². The predicted molar refractivity (Wildman–Crippen MR) is 130 cm³/mol. The minimum atomic E-state index is -0.232. The summed E-state index contributed by atoms with van der Waals surface area (Å²) in [6.07, 6.45) is 3.98. The molecule has 0 aliphatic rings. The highest BCUT2D eigenvalue weighted by Crippen LogP contribution is 2.28. The first kappa shape index (κ1) is 22.4. The number of carbonyl (C=O) groups is 2. The van der Waals surface area contributed by atoms with E-state index in [9.17, 15) is 9.59 Å². The molecule has 0 radical (unpaired) electrons. The van der Waals surface area contributed by atoms with Gasteiger partial charge in [0.05, 0.1) is 5.25 Å². The van der Waals surface area contributed by atoms with Gasteiger partial charge >= 0.3 is 0 Å². The largest absolute Gasteiger partial charge is 0.325 e. The molecule has 5 heteroatoms. The lowest BCUT2D eigenvalue weighted by atomic mass is 10.2. The van der Waals surface area contributed by atoms with Gasteiger partial charge in [0.15, 0.2) is 0 Å². The van der Waals surface area contributed by atoms with Gasteiger partial charge in [0.1, 0.15) is 0 Å². The molecule has 1 atom stereocenters. The van der Waals surface area contributed by atoms with Crippen molar-refractivity contribution in [1.82, 2.24) is 0 Å². The highest BCUT2D eigenvalue weighted by molar-refractivity contribution is 8.00. The molecule has 158 valence electrons. The number of rotatable bonds is 8. The van der Waals surface area contributed by atoms with Crippen molar-refractivity contribution in [3.63, 3.8) is 0 Å². The second-order valence-electron chi connectivity index (χ2n) is 7.13. The molecule has 4 nitrogen and oxygen atoms in total. The van der Waals surface area contributed by atoms with E-state index >= 15 is 0 Å². The van der Waals surface area contributed by atoms with Gasteiger partial charge in [-0.1, -0.05) is 55.5 Å². The van der Waals surface area contributed by atoms with Gasteiger partial charge in [-0.2, -0.15) is 0 Å². The molecule has 2 amide bonds. The zero-order chi connectivity index (χ0) is 22.1. The first-order chi connectivity index (χ1) is 15.0. The maximum atomic E-state index is 12.7. The lowest BCUT2D eigenvalue weighted by Crippen LogP contribution is -2.24. The molecule has 0 heterocycles. The number of amides is 2. The zero-order valence-corrected chi connectivity index (χ0v) is 18.5. The summed E-state index contributed by atoms with van der Waals surface area (Å²) >= 11 is 1.49. The van der Waals surface area contributed by atoms with Gasteiger partial charge in [-0.3, -0.25) is 9.59 Å². The first-order valence-electron chi connectivity index (χ1n) is 10.2. The summed E-state index contributed by atoms with van der Waals surface area (Å²) in [6.45, 7) is 3.99. The molecule has 0 aliphatic carbocycles. The van der Waals surface area contributed by atoms with E-state index in [4.69, 9.17) is 0 Å². The van der Waals surface area contributed by atoms with Gasteiger partial charge in [0.25, 0.3) is 0 Å². The third-order valence-electron chi connectivity index (χ3n) is 4.56. The van der Waals surface area contributed by atoms with E-state index in [1.807, 2.05) is 92.7 Å². The van der Waals surface area contributed by atoms with Gasteiger partial charge in [-0.05, 0) is 60.9 Å². The molecule has 0 bridgehead atoms. The van der Waals surface area contributed by atoms with Crippen LogP contribution in [0.15, 0.2) is 89.8 Å². The molecule has 31 heavy (non-hydrogen) atoms. The van der Waals surface area contributed by atoms with Crippen LogP contribution in [0.1, 0.15) is 24.5 Å². The minimum Gasteiger partial charge on any atom is -0.325 e. The van der Waals surface area contributed by atoms with Crippen LogP contribution >= 0.6 is 11.8 Å². The van der Waals surface area contributed by atoms with E-state index in [0.29, 0.717) is 12.1 Å². The molecule has 2 N–H and O–H groups in total. The van der Waals surface area contributed by atoms with Crippen LogP contribution in [0.3, 0.4) is 0 Å². The summed E-state index contributed by atoms with van der Waals surface area (Å²) in [4.78, 5) is 25.9. The Labute approximate surface area is 187 Å². The smallest absolute Gasteiger partial charge is 0.248 e. The number of carbonyl (C=O) groups excluding carboxylic acids is 2. The molecule has 0 spiro atoms. The quantitative estimate of drug-likeness (QED) is 0.332. The Morgan fingerprint density at radius 3 is 2.32 bits per heavy atom. The fraction of sp³-hybridized carbons (Fsp3) is 0.154. The first-order valence-corrected chi connectivity index (χ1v) is 11.1. The van der Waals surface area contributed by atoms with E-state index in [-0.39, 0.29) is 17.1 Å². The second kappa shape index (κ2) is 11.2. The van der Waals surface area contributed by atoms with Gasteiger partial charge < -0.3 is 10.6 Å². The maximum Gasteiger partial charge on any atom is 0.248 e. The van der Waals surface area contributed by atoms with Crippen molar-refractivity contribution in [3.8, 4) is 0 Å². The van der Waals surface area contributed by atoms with Crippen LogP contribution in [-0.4, -0.2) is 17.1 Å². The van der Waals surface area contributed by atoms with Crippen LogP contribution in [0.5, 0.6) is 0 Å². The van der Waals surface area contributed by atoms with Crippen molar-refractivity contribution in [2.75, 3.05) is 10.6 Å². The Kier molecular flexibility index (Phi) is 8.07. The number of benzene rings is 3. The average molecular weight is 431 g/mol. The Morgan fingerprint density at radius 1 is 0.903 bits per heavy atom. The lowest BCUT2D eigenvalue weighted by Gasteiger charge is -2.15. The number of thioether (sulfide) groups is 1. The molecule has 1 unspecified atom stereocenters. The summed E-state index contributed by atoms with van der Waals surface area (Å²) in [7, 11) is 0. The van der Waals surface area contributed by atoms with Crippen molar-refractivity contribution in [1.29, 1.82) is 0 Å². The number of hydrogen-bond donors (Lipinski definition) is 2. The molecule has 3 aromatic rings. The third kappa shape index (κ3) is 7.15. The van der Waals surface area contributed by atoms with Gasteiger partial charge in [0, 0.05) is 22.3 Å². The number of anilines is 2. The van der Waals surface area contributed by atoms with E-state index in [0.717, 1.165) is 21.7 Å². The highest BCUT2D eigenvalue weighted by Gasteiger charge is 2.18. The summed E-state index contributed by atoms with van der Waals surface area (Å²) in [6, 6.07) is 25.0. The highest BCUT2D eigenvalue weighted by atomic mass is 32.2. The van der Waals surface area contributed by atoms with Crippen LogP contribution in [0.25, 0.3) is 6.08 Å². The van der Waals surface area contributed by atoms with Gasteiger partial charge in [0.2, 0.25) is 11.8 Å². The molecular weight excluding hydrogens is 404 g/mol. The van der Waals surface area contributed by atoms with Crippen LogP contribution in [0.2, 0.25) is 0 Å². The van der Waals surface area contributed by atoms with Crippen LogP contribution in [0, 0.1) is 6.92 Å². The molecule has 0 fully saturated rings. The Morgan fingerprint density at radius 2 is 1.61 bits per heavy atom. The summed E-state index contributed by atoms with van der Waals surface area (Å²) in [5.41, 5.74) is 3.56. The normalized spacial score (nSPS) is 11.8.